The first-order chi connectivity index (χ1) is 13.8. The van der Waals surface area contributed by atoms with Crippen molar-refractivity contribution in [2.45, 2.75) is 13.0 Å². The lowest BCUT2D eigenvalue weighted by Gasteiger charge is -2.14. The molecule has 7 heteroatoms. The molecule has 3 aromatic rings. The van der Waals surface area contributed by atoms with Crippen molar-refractivity contribution in [1.82, 2.24) is 0 Å². The van der Waals surface area contributed by atoms with Crippen LogP contribution in [-0.4, -0.2) is 23.1 Å². The number of phenols is 1. The van der Waals surface area contributed by atoms with Gasteiger partial charge in [-0.25, -0.2) is 13.6 Å². The summed E-state index contributed by atoms with van der Waals surface area (Å²) in [5.74, 6) is -3.01. The van der Waals surface area contributed by atoms with Crippen molar-refractivity contribution in [2.75, 3.05) is 5.32 Å². The van der Waals surface area contributed by atoms with Gasteiger partial charge in [-0.1, -0.05) is 24.3 Å². The van der Waals surface area contributed by atoms with Crippen molar-refractivity contribution in [1.29, 1.82) is 0 Å². The average Bonchev–Trinajstić information content (AvgIpc) is 2.70. The molecule has 5 nitrogen and oxygen atoms in total. The first-order valence-corrected chi connectivity index (χ1v) is 8.70. The lowest BCUT2D eigenvalue weighted by Crippen LogP contribution is -2.30. The van der Waals surface area contributed by atoms with Crippen LogP contribution in [0.3, 0.4) is 0 Å². The Bertz CT molecular complexity index is 1030. The van der Waals surface area contributed by atoms with Crippen molar-refractivity contribution in [2.24, 2.45) is 0 Å². The number of anilines is 1. The van der Waals surface area contributed by atoms with Crippen LogP contribution in [-0.2, 0) is 9.53 Å². The van der Waals surface area contributed by atoms with Gasteiger partial charge in [0.1, 0.15) is 17.4 Å². The van der Waals surface area contributed by atoms with Gasteiger partial charge in [0.15, 0.2) is 6.10 Å². The Balaban J connectivity index is 1.62. The molecule has 0 aliphatic rings. The number of nitrogens with one attached hydrogen (secondary N) is 1. The summed E-state index contributed by atoms with van der Waals surface area (Å²) in [6, 6.07) is 15.8. The van der Waals surface area contributed by atoms with Crippen LogP contribution in [0.4, 0.5) is 14.5 Å². The topological polar surface area (TPSA) is 75.6 Å². The summed E-state index contributed by atoms with van der Waals surface area (Å²) >= 11 is 0. The molecular weight excluding hydrogens is 380 g/mol. The molecule has 29 heavy (non-hydrogen) atoms. The van der Waals surface area contributed by atoms with Crippen molar-refractivity contribution < 1.29 is 28.2 Å². The average molecular weight is 397 g/mol. The highest BCUT2D eigenvalue weighted by molar-refractivity contribution is 5.97. The minimum absolute atomic E-state index is 0.154. The summed E-state index contributed by atoms with van der Waals surface area (Å²) in [6.07, 6.45) is -1.19. The molecule has 0 fully saturated rings. The Hall–Kier alpha value is -3.74. The summed E-state index contributed by atoms with van der Waals surface area (Å²) in [5.41, 5.74) is 1.72. The van der Waals surface area contributed by atoms with E-state index in [-0.39, 0.29) is 17.0 Å². The highest BCUT2D eigenvalue weighted by Gasteiger charge is 2.20. The highest BCUT2D eigenvalue weighted by atomic mass is 19.1. The number of aromatic hydroxyl groups is 1. The minimum Gasteiger partial charge on any atom is -0.508 e. The van der Waals surface area contributed by atoms with Crippen molar-refractivity contribution >= 4 is 17.6 Å². The van der Waals surface area contributed by atoms with E-state index in [1.165, 1.54) is 6.92 Å². The zero-order valence-corrected chi connectivity index (χ0v) is 15.4. The molecular formula is C22H17F2NO4. The maximum Gasteiger partial charge on any atom is 0.338 e. The fraction of sp³-hybridized carbons (Fsp3) is 0.0909. The minimum atomic E-state index is -1.19. The highest BCUT2D eigenvalue weighted by Crippen LogP contribution is 2.22. The quantitative estimate of drug-likeness (QED) is 0.621. The predicted octanol–water partition coefficient (Wildman–Crippen LogP) is 4.52. The summed E-state index contributed by atoms with van der Waals surface area (Å²) < 4.78 is 31.7. The second-order valence-electron chi connectivity index (χ2n) is 6.29. The smallest absolute Gasteiger partial charge is 0.338 e. The first-order valence-electron chi connectivity index (χ1n) is 8.70. The summed E-state index contributed by atoms with van der Waals surface area (Å²) in [4.78, 5) is 24.4. The zero-order valence-electron chi connectivity index (χ0n) is 15.4. The molecule has 0 aliphatic carbocycles. The fourth-order valence-electron chi connectivity index (χ4n) is 2.56. The van der Waals surface area contributed by atoms with Gasteiger partial charge in [0.2, 0.25) is 0 Å². The molecule has 0 bridgehead atoms. The summed E-state index contributed by atoms with van der Waals surface area (Å²) in [7, 11) is 0. The van der Waals surface area contributed by atoms with E-state index in [0.717, 1.165) is 23.3 Å². The van der Waals surface area contributed by atoms with E-state index in [1.54, 1.807) is 48.5 Å². The van der Waals surface area contributed by atoms with Gasteiger partial charge in [-0.15, -0.1) is 0 Å². The van der Waals surface area contributed by atoms with Crippen LogP contribution in [0, 0.1) is 11.6 Å². The Morgan fingerprint density at radius 3 is 2.10 bits per heavy atom. The van der Waals surface area contributed by atoms with Crippen molar-refractivity contribution in [3.8, 4) is 16.9 Å². The number of amides is 1. The maximum atomic E-state index is 13.6. The van der Waals surface area contributed by atoms with E-state index < -0.39 is 29.6 Å². The molecule has 0 spiro atoms. The van der Waals surface area contributed by atoms with Crippen molar-refractivity contribution in [3.05, 3.63) is 83.9 Å². The molecule has 0 unspecified atom stereocenters. The van der Waals surface area contributed by atoms with Crippen LogP contribution in [0.15, 0.2) is 66.7 Å². The molecule has 3 aromatic carbocycles. The van der Waals surface area contributed by atoms with Gasteiger partial charge in [-0.05, 0) is 54.4 Å². The molecule has 0 aliphatic heterocycles. The molecule has 148 valence electrons. The van der Waals surface area contributed by atoms with E-state index in [4.69, 9.17) is 4.74 Å². The van der Waals surface area contributed by atoms with Crippen LogP contribution >= 0.6 is 0 Å². The number of halogens is 2. The molecule has 2 N–H and O–H groups in total. The van der Waals surface area contributed by atoms with Gasteiger partial charge in [0, 0.05) is 6.07 Å². The number of ether oxygens (including phenoxy) is 1. The zero-order chi connectivity index (χ0) is 21.0. The Morgan fingerprint density at radius 2 is 1.52 bits per heavy atom. The van der Waals surface area contributed by atoms with E-state index in [9.17, 15) is 23.5 Å². The van der Waals surface area contributed by atoms with Gasteiger partial charge >= 0.3 is 5.97 Å². The number of carbonyl (C=O) groups is 2. The van der Waals surface area contributed by atoms with E-state index in [0.29, 0.717) is 6.07 Å². The molecule has 1 amide bonds. The third-order valence-corrected chi connectivity index (χ3v) is 4.16. The number of benzene rings is 3. The third-order valence-electron chi connectivity index (χ3n) is 4.16. The molecule has 0 radical (unpaired) electrons. The Labute approximate surface area is 165 Å². The predicted molar refractivity (Wildman–Crippen MR) is 103 cm³/mol. The van der Waals surface area contributed by atoms with Crippen LogP contribution in [0.5, 0.6) is 5.75 Å². The number of carbonyl (C=O) groups excluding carboxylic acids is 2. The largest absolute Gasteiger partial charge is 0.508 e. The van der Waals surface area contributed by atoms with E-state index in [2.05, 4.69) is 5.32 Å². The Kier molecular flexibility index (Phi) is 5.87. The molecule has 3 rings (SSSR count). The normalized spacial score (nSPS) is 11.6. The molecule has 1 atom stereocenters. The SMILES string of the molecule is C[C@@H](OC(=O)c1ccc(-c2ccc(O)cc2)cc1)C(=O)Nc1ccc(F)cc1F. The number of esters is 1. The van der Waals surface area contributed by atoms with Gasteiger partial charge in [0.25, 0.3) is 5.91 Å². The van der Waals surface area contributed by atoms with Gasteiger partial charge in [-0.3, -0.25) is 4.79 Å². The fourth-order valence-corrected chi connectivity index (χ4v) is 2.56. The monoisotopic (exact) mass is 397 g/mol. The number of hydrogen-bond donors (Lipinski definition) is 2. The maximum absolute atomic E-state index is 13.6. The van der Waals surface area contributed by atoms with Crippen molar-refractivity contribution in [3.63, 3.8) is 0 Å². The van der Waals surface area contributed by atoms with Crippen LogP contribution in [0.2, 0.25) is 0 Å². The van der Waals surface area contributed by atoms with Gasteiger partial charge < -0.3 is 15.2 Å². The standard InChI is InChI=1S/C22H17F2NO4/c1-13(21(27)25-20-11-8-17(23)12-19(20)24)29-22(28)16-4-2-14(3-5-16)15-6-9-18(26)10-7-15/h2-13,26H,1H3,(H,25,27)/t13-/m1/s1. The number of rotatable bonds is 5. The van der Waals surface area contributed by atoms with Crippen LogP contribution in [0.25, 0.3) is 11.1 Å². The lowest BCUT2D eigenvalue weighted by molar-refractivity contribution is -0.123. The molecule has 0 aromatic heterocycles. The summed E-state index contributed by atoms with van der Waals surface area (Å²) in [6.45, 7) is 1.35. The van der Waals surface area contributed by atoms with Gasteiger partial charge in [-0.2, -0.15) is 0 Å². The Morgan fingerprint density at radius 1 is 0.931 bits per heavy atom. The number of phenolic OH excluding ortho intramolecular Hbond substituents is 1. The number of hydrogen-bond acceptors (Lipinski definition) is 4. The summed E-state index contributed by atoms with van der Waals surface area (Å²) in [5, 5.41) is 11.6. The van der Waals surface area contributed by atoms with Gasteiger partial charge in [0.05, 0.1) is 11.3 Å². The molecule has 0 saturated carbocycles. The van der Waals surface area contributed by atoms with E-state index in [1.807, 2.05) is 0 Å². The third kappa shape index (κ3) is 4.95. The van der Waals surface area contributed by atoms with Crippen LogP contribution in [0.1, 0.15) is 17.3 Å². The second kappa shape index (κ2) is 8.52. The van der Waals surface area contributed by atoms with Crippen LogP contribution < -0.4 is 5.32 Å². The molecule has 0 saturated heterocycles. The molecule has 0 heterocycles. The van der Waals surface area contributed by atoms with E-state index >= 15 is 0 Å². The second-order valence-corrected chi connectivity index (χ2v) is 6.29. The first kappa shape index (κ1) is 20.0. The lowest BCUT2D eigenvalue weighted by atomic mass is 10.0.